The Morgan fingerprint density at radius 3 is 2.41 bits per heavy atom. The van der Waals surface area contributed by atoms with Crippen molar-refractivity contribution in [3.63, 3.8) is 0 Å². The molecule has 0 aromatic heterocycles. The van der Waals surface area contributed by atoms with Gasteiger partial charge in [0.25, 0.3) is 0 Å². The standard InChI is InChI=1S/C21H20N2O5S/c1-2-27-20(26)17-18(13-6-4-3-5-7-13)22-21(29)23-19(17)14-8-10-15(11-9-14)28-12-16(24)25/h3-11,19H,2,12H2,1H3,(H,24,25)(H2,22,23,29)/t19-/m0/s1. The number of benzene rings is 2. The fraction of sp³-hybridized carbons (Fsp3) is 0.190. The summed E-state index contributed by atoms with van der Waals surface area (Å²) >= 11 is 5.36. The zero-order valence-electron chi connectivity index (χ0n) is 15.7. The Hall–Kier alpha value is -3.39. The molecule has 0 saturated carbocycles. The third-order valence-electron chi connectivity index (χ3n) is 4.21. The Bertz CT molecular complexity index is 941. The van der Waals surface area contributed by atoms with Crippen LogP contribution >= 0.6 is 12.2 Å². The lowest BCUT2D eigenvalue weighted by atomic mass is 9.93. The number of carboxylic acids is 1. The molecule has 1 aliphatic rings. The van der Waals surface area contributed by atoms with Crippen molar-refractivity contribution in [3.8, 4) is 5.75 Å². The predicted molar refractivity (Wildman–Crippen MR) is 111 cm³/mol. The first kappa shape index (κ1) is 20.3. The second-order valence-electron chi connectivity index (χ2n) is 6.16. The number of ether oxygens (including phenoxy) is 2. The molecule has 0 spiro atoms. The summed E-state index contributed by atoms with van der Waals surface area (Å²) in [5.74, 6) is -1.10. The molecule has 0 radical (unpaired) electrons. The molecule has 0 amide bonds. The molecule has 0 fully saturated rings. The van der Waals surface area contributed by atoms with Gasteiger partial charge >= 0.3 is 11.9 Å². The van der Waals surface area contributed by atoms with E-state index in [0.29, 0.717) is 22.1 Å². The van der Waals surface area contributed by atoms with Gasteiger partial charge in [0.1, 0.15) is 5.75 Å². The van der Waals surface area contributed by atoms with Crippen LogP contribution < -0.4 is 15.4 Å². The molecule has 3 rings (SSSR count). The molecular weight excluding hydrogens is 392 g/mol. The molecule has 7 nitrogen and oxygen atoms in total. The zero-order chi connectivity index (χ0) is 20.8. The summed E-state index contributed by atoms with van der Waals surface area (Å²) < 4.78 is 10.5. The fourth-order valence-electron chi connectivity index (χ4n) is 2.98. The van der Waals surface area contributed by atoms with Gasteiger partial charge in [-0.2, -0.15) is 0 Å². The summed E-state index contributed by atoms with van der Waals surface area (Å²) in [4.78, 5) is 23.5. The lowest BCUT2D eigenvalue weighted by Gasteiger charge is -2.31. The summed E-state index contributed by atoms with van der Waals surface area (Å²) in [5.41, 5.74) is 2.56. The molecule has 29 heavy (non-hydrogen) atoms. The van der Waals surface area contributed by atoms with Gasteiger partial charge < -0.3 is 25.2 Å². The molecule has 1 heterocycles. The highest BCUT2D eigenvalue weighted by molar-refractivity contribution is 7.80. The van der Waals surface area contributed by atoms with Crippen molar-refractivity contribution in [1.82, 2.24) is 10.6 Å². The van der Waals surface area contributed by atoms with Crippen molar-refractivity contribution < 1.29 is 24.2 Å². The van der Waals surface area contributed by atoms with Gasteiger partial charge in [0, 0.05) is 0 Å². The van der Waals surface area contributed by atoms with Gasteiger partial charge in [-0.25, -0.2) is 9.59 Å². The van der Waals surface area contributed by atoms with Crippen LogP contribution in [0.2, 0.25) is 0 Å². The number of hydrogen-bond acceptors (Lipinski definition) is 5. The number of aliphatic carboxylic acids is 1. The SMILES string of the molecule is CCOC(=O)C1=C(c2ccccc2)NC(=S)N[C@H]1c1ccc(OCC(=O)O)cc1. The van der Waals surface area contributed by atoms with Crippen LogP contribution in [0.1, 0.15) is 24.1 Å². The minimum absolute atomic E-state index is 0.240. The summed E-state index contributed by atoms with van der Waals surface area (Å²) in [6.07, 6.45) is 0. The van der Waals surface area contributed by atoms with Gasteiger partial charge in [-0.15, -0.1) is 0 Å². The van der Waals surface area contributed by atoms with Crippen LogP contribution in [0.4, 0.5) is 0 Å². The van der Waals surface area contributed by atoms with E-state index in [0.717, 1.165) is 11.1 Å². The van der Waals surface area contributed by atoms with E-state index >= 15 is 0 Å². The minimum Gasteiger partial charge on any atom is -0.482 e. The van der Waals surface area contributed by atoms with Crippen molar-refractivity contribution in [1.29, 1.82) is 0 Å². The number of rotatable bonds is 7. The molecule has 2 aromatic carbocycles. The highest BCUT2D eigenvalue weighted by Crippen LogP contribution is 2.32. The van der Waals surface area contributed by atoms with E-state index in [1.807, 2.05) is 30.3 Å². The largest absolute Gasteiger partial charge is 0.482 e. The third-order valence-corrected chi connectivity index (χ3v) is 4.43. The van der Waals surface area contributed by atoms with Gasteiger partial charge in [0.05, 0.1) is 23.9 Å². The van der Waals surface area contributed by atoms with Crippen molar-refractivity contribution >= 4 is 35.0 Å². The molecule has 150 valence electrons. The highest BCUT2D eigenvalue weighted by atomic mass is 32.1. The van der Waals surface area contributed by atoms with Crippen LogP contribution in [0.5, 0.6) is 5.75 Å². The lowest BCUT2D eigenvalue weighted by molar-refractivity contribution is -0.140. The number of thiocarbonyl (C=S) groups is 1. The number of carboxylic acid groups (broad SMARTS) is 1. The average Bonchev–Trinajstić information content (AvgIpc) is 2.72. The number of carbonyl (C=O) groups is 2. The summed E-state index contributed by atoms with van der Waals surface area (Å²) in [6.45, 7) is 1.56. The van der Waals surface area contributed by atoms with Crippen LogP contribution in [0, 0.1) is 0 Å². The topological polar surface area (TPSA) is 96.9 Å². The van der Waals surface area contributed by atoms with Gasteiger partial charge in [-0.3, -0.25) is 0 Å². The van der Waals surface area contributed by atoms with Gasteiger partial charge in [0.15, 0.2) is 11.7 Å². The van der Waals surface area contributed by atoms with E-state index in [2.05, 4.69) is 10.6 Å². The van der Waals surface area contributed by atoms with E-state index in [1.165, 1.54) is 0 Å². The molecule has 1 atom stereocenters. The van der Waals surface area contributed by atoms with Crippen LogP contribution in [-0.2, 0) is 14.3 Å². The first-order valence-corrected chi connectivity index (χ1v) is 9.39. The second-order valence-corrected chi connectivity index (χ2v) is 6.57. The molecule has 8 heteroatoms. The minimum atomic E-state index is -1.06. The lowest BCUT2D eigenvalue weighted by Crippen LogP contribution is -2.45. The maximum atomic E-state index is 12.8. The van der Waals surface area contributed by atoms with E-state index in [9.17, 15) is 9.59 Å². The van der Waals surface area contributed by atoms with Gasteiger partial charge in [-0.1, -0.05) is 42.5 Å². The van der Waals surface area contributed by atoms with Crippen molar-refractivity contribution in [3.05, 3.63) is 71.3 Å². The predicted octanol–water partition coefficient (Wildman–Crippen LogP) is 2.64. The first-order chi connectivity index (χ1) is 14.0. The first-order valence-electron chi connectivity index (χ1n) is 8.98. The number of carbonyl (C=O) groups excluding carboxylic acids is 1. The number of nitrogens with one attached hydrogen (secondary N) is 2. The zero-order valence-corrected chi connectivity index (χ0v) is 16.5. The normalized spacial score (nSPS) is 15.9. The maximum Gasteiger partial charge on any atom is 0.341 e. The quantitative estimate of drug-likeness (QED) is 0.472. The fourth-order valence-corrected chi connectivity index (χ4v) is 3.20. The Balaban J connectivity index is 2.02. The Kier molecular flexibility index (Phi) is 6.46. The molecule has 3 N–H and O–H groups in total. The second kappa shape index (κ2) is 9.20. The van der Waals surface area contributed by atoms with Crippen LogP contribution in [0.15, 0.2) is 60.2 Å². The molecule has 0 aliphatic carbocycles. The van der Waals surface area contributed by atoms with Crippen LogP contribution in [0.3, 0.4) is 0 Å². The molecule has 0 bridgehead atoms. The Labute approximate surface area is 173 Å². The average molecular weight is 412 g/mol. The number of esters is 1. The van der Waals surface area contributed by atoms with Gasteiger partial charge in [0.2, 0.25) is 0 Å². The monoisotopic (exact) mass is 412 g/mol. The van der Waals surface area contributed by atoms with E-state index < -0.39 is 24.6 Å². The summed E-state index contributed by atoms with van der Waals surface area (Å²) in [5, 5.41) is 15.3. The Morgan fingerprint density at radius 1 is 1.10 bits per heavy atom. The van der Waals surface area contributed by atoms with Crippen LogP contribution in [0.25, 0.3) is 5.70 Å². The van der Waals surface area contributed by atoms with E-state index in [4.69, 9.17) is 26.8 Å². The highest BCUT2D eigenvalue weighted by Gasteiger charge is 2.33. The summed E-state index contributed by atoms with van der Waals surface area (Å²) in [7, 11) is 0. The summed E-state index contributed by atoms with van der Waals surface area (Å²) in [6, 6.07) is 15.7. The third kappa shape index (κ3) is 4.91. The molecule has 0 saturated heterocycles. The molecular formula is C21H20N2O5S. The van der Waals surface area contributed by atoms with E-state index in [1.54, 1.807) is 31.2 Å². The van der Waals surface area contributed by atoms with Gasteiger partial charge in [-0.05, 0) is 42.4 Å². The maximum absolute atomic E-state index is 12.8. The molecule has 0 unspecified atom stereocenters. The van der Waals surface area contributed by atoms with Crippen molar-refractivity contribution in [2.75, 3.05) is 13.2 Å². The molecule has 2 aromatic rings. The van der Waals surface area contributed by atoms with Crippen LogP contribution in [-0.4, -0.2) is 35.4 Å². The molecule has 1 aliphatic heterocycles. The Morgan fingerprint density at radius 2 is 1.79 bits per heavy atom. The smallest absolute Gasteiger partial charge is 0.341 e. The number of hydrogen-bond donors (Lipinski definition) is 3. The van der Waals surface area contributed by atoms with Crippen molar-refractivity contribution in [2.45, 2.75) is 13.0 Å². The van der Waals surface area contributed by atoms with Crippen molar-refractivity contribution in [2.24, 2.45) is 0 Å². The van der Waals surface area contributed by atoms with E-state index in [-0.39, 0.29) is 6.61 Å².